The van der Waals surface area contributed by atoms with Gasteiger partial charge in [-0.15, -0.1) is 0 Å². The van der Waals surface area contributed by atoms with Crippen LogP contribution in [-0.2, 0) is 0 Å². The largest absolute Gasteiger partial charge is 0.396 e. The second kappa shape index (κ2) is 6.92. The van der Waals surface area contributed by atoms with Crippen molar-refractivity contribution >= 4 is 0 Å². The topological polar surface area (TPSA) is 40.5 Å². The van der Waals surface area contributed by atoms with Gasteiger partial charge in [0, 0.05) is 12.5 Å². The first kappa shape index (κ1) is 19.0. The zero-order valence-electron chi connectivity index (χ0n) is 17.2. The molecule has 0 saturated heterocycles. The molecule has 2 nitrogen and oxygen atoms in total. The van der Waals surface area contributed by atoms with Crippen molar-refractivity contribution in [1.82, 2.24) is 0 Å². The van der Waals surface area contributed by atoms with Gasteiger partial charge in [-0.05, 0) is 92.8 Å². The maximum atomic E-state index is 11.0. The Kier molecular flexibility index (Phi) is 5.06. The first-order valence-corrected chi connectivity index (χ1v) is 11.5. The first-order chi connectivity index (χ1) is 12.4. The van der Waals surface area contributed by atoms with E-state index in [1.54, 1.807) is 5.57 Å². The smallest absolute Gasteiger partial charge is 0.0650 e. The lowest BCUT2D eigenvalue weighted by molar-refractivity contribution is -0.101. The Labute approximate surface area is 160 Å². The summed E-state index contributed by atoms with van der Waals surface area (Å²) >= 11 is 0. The summed E-state index contributed by atoms with van der Waals surface area (Å²) in [7, 11) is 0. The molecule has 1 unspecified atom stereocenters. The van der Waals surface area contributed by atoms with Gasteiger partial charge < -0.3 is 10.2 Å². The van der Waals surface area contributed by atoms with Crippen molar-refractivity contribution in [3.05, 3.63) is 11.6 Å². The highest BCUT2D eigenvalue weighted by Crippen LogP contribution is 2.64. The molecule has 0 radical (unpaired) electrons. The molecule has 3 fully saturated rings. The van der Waals surface area contributed by atoms with Crippen LogP contribution in [0.3, 0.4) is 0 Å². The average Bonchev–Trinajstić information content (AvgIpc) is 2.98. The van der Waals surface area contributed by atoms with E-state index in [-0.39, 0.29) is 5.60 Å². The van der Waals surface area contributed by atoms with Crippen LogP contribution in [0.5, 0.6) is 0 Å². The predicted molar refractivity (Wildman–Crippen MR) is 107 cm³/mol. The van der Waals surface area contributed by atoms with E-state index in [0.29, 0.717) is 17.9 Å². The van der Waals surface area contributed by atoms with Crippen LogP contribution in [-0.4, -0.2) is 22.4 Å². The molecule has 0 spiro atoms. The van der Waals surface area contributed by atoms with Crippen molar-refractivity contribution in [2.75, 3.05) is 6.61 Å². The lowest BCUT2D eigenvalue weighted by atomic mass is 9.48. The molecular weight excluding hydrogens is 320 g/mol. The highest BCUT2D eigenvalue weighted by atomic mass is 16.3. The summed E-state index contributed by atoms with van der Waals surface area (Å²) in [5.41, 5.74) is 1.55. The third-order valence-electron chi connectivity index (χ3n) is 9.26. The Balaban J connectivity index is 1.50. The minimum atomic E-state index is -0.357. The number of hydrogen-bond acceptors (Lipinski definition) is 2. The molecule has 0 aliphatic heterocycles. The molecule has 4 aliphatic rings. The van der Waals surface area contributed by atoms with E-state index < -0.39 is 0 Å². The highest BCUT2D eigenvalue weighted by molar-refractivity contribution is 5.27. The van der Waals surface area contributed by atoms with Crippen LogP contribution in [0.2, 0.25) is 0 Å². The molecule has 0 aromatic carbocycles. The Bertz CT molecular complexity index is 554. The maximum absolute atomic E-state index is 11.0. The number of hydrogen-bond donors (Lipinski definition) is 2. The molecule has 2 N–H and O–H groups in total. The molecular formula is C24H40O2. The van der Waals surface area contributed by atoms with Crippen LogP contribution < -0.4 is 0 Å². The fourth-order valence-corrected chi connectivity index (χ4v) is 8.12. The van der Waals surface area contributed by atoms with Crippen molar-refractivity contribution in [3.63, 3.8) is 0 Å². The zero-order chi connectivity index (χ0) is 18.5. The lowest BCUT2D eigenvalue weighted by Crippen LogP contribution is -2.50. The summed E-state index contributed by atoms with van der Waals surface area (Å²) in [5, 5.41) is 20.7. The van der Waals surface area contributed by atoms with Crippen molar-refractivity contribution in [2.24, 2.45) is 40.9 Å². The fourth-order valence-electron chi connectivity index (χ4n) is 8.12. The average molecular weight is 361 g/mol. The van der Waals surface area contributed by atoms with Gasteiger partial charge in [-0.2, -0.15) is 0 Å². The van der Waals surface area contributed by atoms with Gasteiger partial charge >= 0.3 is 0 Å². The van der Waals surface area contributed by atoms with E-state index in [9.17, 15) is 10.2 Å². The highest BCUT2D eigenvalue weighted by Gasteiger charge is 2.56. The van der Waals surface area contributed by atoms with Crippen LogP contribution in [0.15, 0.2) is 11.6 Å². The maximum Gasteiger partial charge on any atom is 0.0650 e. The van der Waals surface area contributed by atoms with Gasteiger partial charge in [0.25, 0.3) is 0 Å². The van der Waals surface area contributed by atoms with E-state index in [1.165, 1.54) is 38.5 Å². The summed E-state index contributed by atoms with van der Waals surface area (Å²) in [4.78, 5) is 0. The van der Waals surface area contributed by atoms with Crippen LogP contribution >= 0.6 is 0 Å². The Morgan fingerprint density at radius 2 is 1.88 bits per heavy atom. The van der Waals surface area contributed by atoms with Gasteiger partial charge in [-0.3, -0.25) is 0 Å². The summed E-state index contributed by atoms with van der Waals surface area (Å²) in [6, 6.07) is 0. The van der Waals surface area contributed by atoms with Gasteiger partial charge in [0.2, 0.25) is 0 Å². The van der Waals surface area contributed by atoms with Gasteiger partial charge in [0.15, 0.2) is 0 Å². The molecule has 26 heavy (non-hydrogen) atoms. The summed E-state index contributed by atoms with van der Waals surface area (Å²) in [6.45, 7) is 7.22. The SMILES string of the molecule is CCC[C@@]1(O)CC[C@H]2[C@H](CC[C@@H]3[C@@H]2CC[C@]2(C)C(C(C)CO)=CC[C@@H]32)C1. The molecule has 0 heterocycles. The molecule has 4 rings (SSSR count). The minimum absolute atomic E-state index is 0.295. The third kappa shape index (κ3) is 2.91. The summed E-state index contributed by atoms with van der Waals surface area (Å²) < 4.78 is 0. The second-order valence-corrected chi connectivity index (χ2v) is 10.6. The predicted octanol–water partition coefficient (Wildman–Crippen LogP) is 5.33. The van der Waals surface area contributed by atoms with Gasteiger partial charge in [-0.1, -0.05) is 38.8 Å². The van der Waals surface area contributed by atoms with Crippen molar-refractivity contribution in [3.8, 4) is 0 Å². The number of aliphatic hydroxyl groups excluding tert-OH is 1. The standard InChI is InChI=1S/C24H40O2/c1-4-11-24(26)13-10-18-17(14-24)5-6-20-19(18)9-12-23(3)21(16(2)15-25)7-8-22(20)23/h7,16-20,22,25-26H,4-6,8-15H2,1-3H3/t16?,17-,18+,19-,20-,22+,23-,24-/m1/s1. The number of allylic oxidation sites excluding steroid dienone is 1. The van der Waals surface area contributed by atoms with Gasteiger partial charge in [-0.25, -0.2) is 0 Å². The molecule has 4 aliphatic carbocycles. The van der Waals surface area contributed by atoms with E-state index in [1.807, 2.05) is 0 Å². The summed E-state index contributed by atoms with van der Waals surface area (Å²) in [6.07, 6.45) is 14.6. The summed E-state index contributed by atoms with van der Waals surface area (Å²) in [5.74, 6) is 4.56. The van der Waals surface area contributed by atoms with Gasteiger partial charge in [0.1, 0.15) is 0 Å². The van der Waals surface area contributed by atoms with Crippen molar-refractivity contribution in [2.45, 2.75) is 90.6 Å². The second-order valence-electron chi connectivity index (χ2n) is 10.6. The molecule has 0 amide bonds. The Hall–Kier alpha value is -0.340. The molecule has 2 heteroatoms. The van der Waals surface area contributed by atoms with Crippen LogP contribution in [0.4, 0.5) is 0 Å². The number of aliphatic hydroxyl groups is 2. The van der Waals surface area contributed by atoms with E-state index in [4.69, 9.17) is 0 Å². The van der Waals surface area contributed by atoms with Crippen LogP contribution in [0, 0.1) is 40.9 Å². The Morgan fingerprint density at radius 1 is 1.12 bits per heavy atom. The molecule has 3 saturated carbocycles. The minimum Gasteiger partial charge on any atom is -0.396 e. The van der Waals surface area contributed by atoms with Crippen LogP contribution in [0.1, 0.15) is 85.0 Å². The van der Waals surface area contributed by atoms with E-state index >= 15 is 0 Å². The lowest BCUT2D eigenvalue weighted by Gasteiger charge is -2.57. The number of rotatable bonds is 4. The molecule has 8 atom stereocenters. The fraction of sp³-hybridized carbons (Fsp3) is 0.917. The molecule has 0 aromatic heterocycles. The molecule has 148 valence electrons. The monoisotopic (exact) mass is 360 g/mol. The zero-order valence-corrected chi connectivity index (χ0v) is 17.2. The third-order valence-corrected chi connectivity index (χ3v) is 9.26. The van der Waals surface area contributed by atoms with Crippen molar-refractivity contribution < 1.29 is 10.2 Å². The molecule has 0 aromatic rings. The first-order valence-electron chi connectivity index (χ1n) is 11.5. The Morgan fingerprint density at radius 3 is 2.62 bits per heavy atom. The van der Waals surface area contributed by atoms with E-state index in [2.05, 4.69) is 26.8 Å². The molecule has 0 bridgehead atoms. The van der Waals surface area contributed by atoms with Gasteiger partial charge in [0.05, 0.1) is 5.60 Å². The van der Waals surface area contributed by atoms with Crippen LogP contribution in [0.25, 0.3) is 0 Å². The number of fused-ring (bicyclic) bond motifs is 5. The quantitative estimate of drug-likeness (QED) is 0.665. The van der Waals surface area contributed by atoms with Crippen molar-refractivity contribution in [1.29, 1.82) is 0 Å². The normalized spacial score (nSPS) is 49.0. The van der Waals surface area contributed by atoms with E-state index in [0.717, 1.165) is 55.3 Å².